The minimum Gasteiger partial charge on any atom is -0.336 e. The van der Waals surface area contributed by atoms with E-state index in [9.17, 15) is 4.79 Å². The lowest BCUT2D eigenvalue weighted by molar-refractivity contribution is 0.0615. The predicted molar refractivity (Wildman–Crippen MR) is 152 cm³/mol. The first-order valence-electron chi connectivity index (χ1n) is 11.9. The lowest BCUT2D eigenvalue weighted by atomic mass is 9.56. The van der Waals surface area contributed by atoms with Crippen LogP contribution in [0.3, 0.4) is 0 Å². The molecule has 3 aromatic rings. The minimum atomic E-state index is -1.10. The van der Waals surface area contributed by atoms with E-state index in [0.717, 1.165) is 27.1 Å². The number of nitrogens with one attached hydrogen (secondary N) is 1. The van der Waals surface area contributed by atoms with Gasteiger partial charge in [-0.1, -0.05) is 49.1 Å². The Morgan fingerprint density at radius 3 is 2.50 bits per heavy atom. The highest BCUT2D eigenvalue weighted by Crippen LogP contribution is 2.28. The Hall–Kier alpha value is -3.22. The molecule has 4 radical (unpaired) electrons. The number of nitrogens with zero attached hydrogens (tertiary/aromatic N) is 3. The Balaban J connectivity index is 1.34. The number of carbonyl (C=O) groups excluding carboxylic acids is 1. The van der Waals surface area contributed by atoms with Gasteiger partial charge in [-0.2, -0.15) is 0 Å². The Morgan fingerprint density at radius 2 is 1.81 bits per heavy atom. The summed E-state index contributed by atoms with van der Waals surface area (Å²) in [5.41, 5.74) is 3.33. The van der Waals surface area contributed by atoms with E-state index in [1.807, 2.05) is 89.5 Å². The summed E-state index contributed by atoms with van der Waals surface area (Å²) in [4.78, 5) is 22.5. The molecule has 8 heteroatoms. The number of hydrogen-bond acceptors (Lipinski definition) is 5. The second-order valence-electron chi connectivity index (χ2n) is 8.56. The third-order valence-corrected chi connectivity index (χ3v) is 7.17. The van der Waals surface area contributed by atoms with Crippen molar-refractivity contribution in [3.8, 4) is 0 Å². The molecule has 1 fully saturated rings. The average Bonchev–Trinajstić information content (AvgIpc) is 2.92. The molecule has 36 heavy (non-hydrogen) atoms. The molecule has 1 N–H and O–H groups in total. The predicted octanol–water partition coefficient (Wildman–Crippen LogP) is 4.79. The Bertz CT molecular complexity index is 1280. The summed E-state index contributed by atoms with van der Waals surface area (Å²) in [5, 5.41) is -0.00410. The monoisotopic (exact) mass is 490 g/mol. The van der Waals surface area contributed by atoms with Crippen LogP contribution in [0.25, 0.3) is 10.9 Å². The number of allylic oxidation sites excluding steroid dienone is 3. The molecule has 1 aliphatic rings. The van der Waals surface area contributed by atoms with E-state index in [-0.39, 0.29) is 5.91 Å². The number of piperazine rings is 1. The highest BCUT2D eigenvalue weighted by molar-refractivity contribution is 8.00. The lowest BCUT2D eigenvalue weighted by Gasteiger charge is -2.46. The first-order chi connectivity index (χ1) is 17.4. The van der Waals surface area contributed by atoms with Crippen LogP contribution in [0.1, 0.15) is 17.3 Å². The zero-order valence-electron chi connectivity index (χ0n) is 20.4. The van der Waals surface area contributed by atoms with E-state index >= 15 is 0 Å². The fourth-order valence-electron chi connectivity index (χ4n) is 4.23. The molecular weight excluding hydrogens is 462 g/mol. The maximum atomic E-state index is 13.1. The second-order valence-corrected chi connectivity index (χ2v) is 9.40. The van der Waals surface area contributed by atoms with Gasteiger partial charge in [0.2, 0.25) is 0 Å². The number of pyridine rings is 1. The van der Waals surface area contributed by atoms with Crippen LogP contribution in [-0.4, -0.2) is 67.9 Å². The van der Waals surface area contributed by atoms with Crippen LogP contribution in [0.5, 0.6) is 0 Å². The molecule has 2 heterocycles. The van der Waals surface area contributed by atoms with Crippen LogP contribution >= 0.6 is 11.9 Å². The number of anilines is 1. The van der Waals surface area contributed by atoms with Gasteiger partial charge in [-0.05, 0) is 66.2 Å². The molecule has 5 nitrogen and oxygen atoms in total. The molecule has 1 aliphatic heterocycles. The van der Waals surface area contributed by atoms with Crippen LogP contribution < -0.4 is 4.72 Å². The fraction of sp³-hybridized carbons (Fsp3) is 0.214. The summed E-state index contributed by atoms with van der Waals surface area (Å²) in [6.07, 6.45) is 9.08. The average molecular weight is 490 g/mol. The van der Waals surface area contributed by atoms with Crippen molar-refractivity contribution in [2.24, 2.45) is 0 Å². The number of hydrogen-bond donors (Lipinski definition) is 1. The summed E-state index contributed by atoms with van der Waals surface area (Å²) in [5.74, 6) is 0.00422. The number of fused-ring (bicyclic) bond motifs is 1. The van der Waals surface area contributed by atoms with Crippen molar-refractivity contribution in [3.05, 3.63) is 103 Å². The lowest BCUT2D eigenvalue weighted by Crippen LogP contribution is -2.59. The number of aromatic nitrogens is 1. The summed E-state index contributed by atoms with van der Waals surface area (Å²) in [7, 11) is 12.9. The van der Waals surface area contributed by atoms with Gasteiger partial charge in [0, 0.05) is 49.0 Å². The van der Waals surface area contributed by atoms with Crippen LogP contribution in [0.4, 0.5) is 5.69 Å². The quantitative estimate of drug-likeness (QED) is 0.280. The van der Waals surface area contributed by atoms with Crippen molar-refractivity contribution in [2.75, 3.05) is 30.9 Å². The van der Waals surface area contributed by atoms with Gasteiger partial charge in [0.1, 0.15) is 0 Å². The van der Waals surface area contributed by atoms with Crippen molar-refractivity contribution in [2.45, 2.75) is 17.2 Å². The maximum Gasteiger partial charge on any atom is 0.253 e. The van der Waals surface area contributed by atoms with E-state index in [2.05, 4.69) is 16.3 Å². The van der Waals surface area contributed by atoms with Gasteiger partial charge in [-0.15, -0.1) is 0 Å². The number of carbonyl (C=O) groups is 1. The number of para-hydroxylation sites is 1. The Morgan fingerprint density at radius 1 is 1.08 bits per heavy atom. The normalized spacial score (nSPS) is 15.4. The van der Waals surface area contributed by atoms with E-state index in [4.69, 9.17) is 15.7 Å². The van der Waals surface area contributed by atoms with Crippen LogP contribution in [0.2, 0.25) is 0 Å². The first kappa shape index (κ1) is 25.9. The fourth-order valence-corrected chi connectivity index (χ4v) is 5.01. The molecule has 0 spiro atoms. The van der Waals surface area contributed by atoms with E-state index in [1.165, 1.54) is 11.9 Å². The molecule has 0 atom stereocenters. The van der Waals surface area contributed by atoms with Crippen LogP contribution in [0, 0.1) is 0 Å². The molecule has 0 unspecified atom stereocenters. The standard InChI is InChI=1S/C28H28B2N4OS/c1-3-5-10-23(4-2)28(29,30)34-19-17-33(18-20-34)27(35)22-12-14-24(15-13-22)32-36-25-11-6-8-21-9-7-16-31-26(21)25/h3-16,32H,1,17-20H2,2H3/b10-5-,23-4+. The highest BCUT2D eigenvalue weighted by Gasteiger charge is 2.32. The zero-order chi connectivity index (χ0) is 25.5. The third-order valence-electron chi connectivity index (χ3n) is 6.28. The zero-order valence-corrected chi connectivity index (χ0v) is 21.2. The summed E-state index contributed by atoms with van der Waals surface area (Å²) < 4.78 is 3.35. The van der Waals surface area contributed by atoms with E-state index in [0.29, 0.717) is 31.7 Å². The topological polar surface area (TPSA) is 48.5 Å². The van der Waals surface area contributed by atoms with Gasteiger partial charge in [0.25, 0.3) is 5.91 Å². The van der Waals surface area contributed by atoms with Crippen molar-refractivity contribution < 1.29 is 4.79 Å². The molecule has 0 saturated carbocycles. The van der Waals surface area contributed by atoms with Gasteiger partial charge < -0.3 is 14.5 Å². The van der Waals surface area contributed by atoms with Gasteiger partial charge >= 0.3 is 0 Å². The third kappa shape index (κ3) is 5.77. The maximum absolute atomic E-state index is 13.1. The molecule has 178 valence electrons. The highest BCUT2D eigenvalue weighted by atomic mass is 32.2. The van der Waals surface area contributed by atoms with Crippen LogP contribution in [-0.2, 0) is 0 Å². The molecule has 0 aliphatic carbocycles. The van der Waals surface area contributed by atoms with Gasteiger partial charge in [-0.3, -0.25) is 9.78 Å². The Kier molecular flexibility index (Phi) is 8.39. The van der Waals surface area contributed by atoms with Gasteiger partial charge in [0.05, 0.1) is 26.1 Å². The SMILES string of the molecule is [B]C([B])(C(/C=C\C=C)=C/C)N1CCN(C(=O)c2ccc(NSc3cccc4cccnc34)cc2)CC1. The molecule has 1 aromatic heterocycles. The number of benzene rings is 2. The number of amides is 1. The van der Waals surface area contributed by atoms with Gasteiger partial charge in [0.15, 0.2) is 0 Å². The van der Waals surface area contributed by atoms with Crippen molar-refractivity contribution >= 4 is 50.1 Å². The molecule has 2 aromatic carbocycles. The van der Waals surface area contributed by atoms with Crippen molar-refractivity contribution in [1.82, 2.24) is 14.8 Å². The Labute approximate surface area is 220 Å². The van der Waals surface area contributed by atoms with Gasteiger partial charge in [-0.25, -0.2) is 0 Å². The summed E-state index contributed by atoms with van der Waals surface area (Å²) in [6.45, 7) is 7.90. The van der Waals surface area contributed by atoms with E-state index < -0.39 is 5.34 Å². The smallest absolute Gasteiger partial charge is 0.253 e. The van der Waals surface area contributed by atoms with Crippen molar-refractivity contribution in [1.29, 1.82) is 0 Å². The molecular formula is C28H28B2N4OS. The second kappa shape index (κ2) is 11.7. The summed E-state index contributed by atoms with van der Waals surface area (Å²) in [6, 6.07) is 17.6. The summed E-state index contributed by atoms with van der Waals surface area (Å²) >= 11 is 1.50. The first-order valence-corrected chi connectivity index (χ1v) is 12.7. The molecule has 4 rings (SSSR count). The number of rotatable bonds is 8. The molecule has 0 bridgehead atoms. The molecule has 1 amide bonds. The largest absolute Gasteiger partial charge is 0.336 e. The van der Waals surface area contributed by atoms with Crippen molar-refractivity contribution in [3.63, 3.8) is 0 Å². The molecule has 1 saturated heterocycles. The van der Waals surface area contributed by atoms with E-state index in [1.54, 1.807) is 12.3 Å². The van der Waals surface area contributed by atoms with Crippen LogP contribution in [0.15, 0.2) is 102 Å². The minimum absolute atomic E-state index is 0.00422.